The second kappa shape index (κ2) is 8.74. The molecule has 0 saturated carbocycles. The molecule has 5 rings (SSSR count). The summed E-state index contributed by atoms with van der Waals surface area (Å²) in [5.41, 5.74) is -0.229. The fraction of sp³-hybridized carbons (Fsp3) is 0.500. The standard InChI is InChI=1S/C24H25Cl2F3N2O4S/c1-36(33,34)11-21(32)31-13-23(14-31)20-3-2-19(6-15(20)10-35-23)30-5-4-22(12-30,24(27,28)29)16-7-17(25)9-18(26)8-16/h2-3,6-9,21,32H,4-5,10-14H2,1H3. The van der Waals surface area contributed by atoms with Crippen LogP contribution in [0.25, 0.3) is 0 Å². The maximum Gasteiger partial charge on any atom is 0.400 e. The van der Waals surface area contributed by atoms with Crippen LogP contribution in [-0.2, 0) is 32.2 Å². The van der Waals surface area contributed by atoms with Gasteiger partial charge in [0.2, 0.25) is 0 Å². The molecule has 2 unspecified atom stereocenters. The van der Waals surface area contributed by atoms with E-state index in [9.17, 15) is 26.7 Å². The number of likely N-dealkylation sites (tertiary alicyclic amines) is 1. The zero-order chi connectivity index (χ0) is 26.1. The Labute approximate surface area is 217 Å². The molecule has 1 N–H and O–H groups in total. The number of fused-ring (bicyclic) bond motifs is 2. The van der Waals surface area contributed by atoms with Crippen molar-refractivity contribution in [2.75, 3.05) is 43.1 Å². The first-order valence-electron chi connectivity index (χ1n) is 11.4. The van der Waals surface area contributed by atoms with Gasteiger partial charge >= 0.3 is 6.18 Å². The molecule has 2 aromatic carbocycles. The Morgan fingerprint density at radius 3 is 2.39 bits per heavy atom. The lowest BCUT2D eigenvalue weighted by Gasteiger charge is -2.49. The van der Waals surface area contributed by atoms with E-state index in [2.05, 4.69) is 0 Å². The number of aliphatic hydroxyl groups is 1. The second-order valence-corrected chi connectivity index (χ2v) is 13.1. The predicted molar refractivity (Wildman–Crippen MR) is 131 cm³/mol. The number of nitrogens with zero attached hydrogens (tertiary/aromatic N) is 2. The highest BCUT2D eigenvalue weighted by molar-refractivity contribution is 7.90. The fourth-order valence-corrected chi connectivity index (χ4v) is 6.86. The number of aliphatic hydroxyl groups excluding tert-OH is 1. The highest BCUT2D eigenvalue weighted by Gasteiger charge is 2.59. The number of benzene rings is 2. The largest absolute Gasteiger partial charge is 0.400 e. The van der Waals surface area contributed by atoms with Gasteiger partial charge in [-0.25, -0.2) is 8.42 Å². The van der Waals surface area contributed by atoms with Gasteiger partial charge in [-0.3, -0.25) is 4.90 Å². The SMILES string of the molecule is CS(=O)(=O)CC(O)N1CC2(C1)OCc1cc(N3CCC(c4cc(Cl)cc(Cl)c4)(C(F)(F)F)C3)ccc12. The van der Waals surface area contributed by atoms with E-state index in [0.29, 0.717) is 25.4 Å². The van der Waals surface area contributed by atoms with E-state index < -0.39 is 33.3 Å². The summed E-state index contributed by atoms with van der Waals surface area (Å²) in [7, 11) is -3.33. The van der Waals surface area contributed by atoms with Gasteiger partial charge in [0.1, 0.15) is 17.2 Å². The first-order valence-corrected chi connectivity index (χ1v) is 14.2. The quantitative estimate of drug-likeness (QED) is 0.589. The number of hydrogen-bond acceptors (Lipinski definition) is 6. The minimum atomic E-state index is -4.50. The maximum absolute atomic E-state index is 14.4. The lowest BCUT2D eigenvalue weighted by molar-refractivity contribution is -0.184. The summed E-state index contributed by atoms with van der Waals surface area (Å²) in [6.07, 6.45) is -4.67. The summed E-state index contributed by atoms with van der Waals surface area (Å²) in [6.45, 7) is 0.920. The van der Waals surface area contributed by atoms with Gasteiger partial charge in [-0.2, -0.15) is 13.2 Å². The molecular formula is C24H25Cl2F3N2O4S. The maximum atomic E-state index is 14.4. The van der Waals surface area contributed by atoms with Crippen molar-refractivity contribution < 1.29 is 31.4 Å². The van der Waals surface area contributed by atoms with Crippen LogP contribution in [0.15, 0.2) is 36.4 Å². The Morgan fingerprint density at radius 1 is 1.11 bits per heavy atom. The molecule has 3 heterocycles. The molecule has 0 radical (unpaired) electrons. The lowest BCUT2D eigenvalue weighted by atomic mass is 9.79. The highest BCUT2D eigenvalue weighted by atomic mass is 35.5. The zero-order valence-electron chi connectivity index (χ0n) is 19.4. The van der Waals surface area contributed by atoms with E-state index in [1.54, 1.807) is 15.9 Å². The van der Waals surface area contributed by atoms with E-state index in [4.69, 9.17) is 27.9 Å². The number of anilines is 1. The summed E-state index contributed by atoms with van der Waals surface area (Å²) < 4.78 is 72.3. The van der Waals surface area contributed by atoms with Crippen molar-refractivity contribution in [3.63, 3.8) is 0 Å². The van der Waals surface area contributed by atoms with Crippen molar-refractivity contribution in [3.05, 3.63) is 63.1 Å². The van der Waals surface area contributed by atoms with Gasteiger partial charge in [-0.05, 0) is 53.4 Å². The average molecular weight is 565 g/mol. The van der Waals surface area contributed by atoms with Crippen molar-refractivity contribution in [1.29, 1.82) is 0 Å². The van der Waals surface area contributed by atoms with Gasteiger partial charge in [-0.1, -0.05) is 29.3 Å². The van der Waals surface area contributed by atoms with Gasteiger partial charge < -0.3 is 14.7 Å². The van der Waals surface area contributed by atoms with Gasteiger partial charge in [0, 0.05) is 48.2 Å². The molecule has 2 saturated heterocycles. The number of hydrogen-bond donors (Lipinski definition) is 1. The second-order valence-electron chi connectivity index (χ2n) is 10.0. The summed E-state index contributed by atoms with van der Waals surface area (Å²) in [6, 6.07) is 9.61. The van der Waals surface area contributed by atoms with E-state index in [0.717, 1.165) is 17.4 Å². The van der Waals surface area contributed by atoms with Crippen LogP contribution in [0.1, 0.15) is 23.1 Å². The molecule has 12 heteroatoms. The Morgan fingerprint density at radius 2 is 1.78 bits per heavy atom. The topological polar surface area (TPSA) is 70.1 Å². The number of sulfone groups is 1. The minimum absolute atomic E-state index is 0.0562. The van der Waals surface area contributed by atoms with Gasteiger partial charge in [0.15, 0.2) is 9.84 Å². The van der Waals surface area contributed by atoms with Gasteiger partial charge in [0.05, 0.1) is 12.4 Å². The first-order chi connectivity index (χ1) is 16.7. The Hall–Kier alpha value is -1.56. The molecule has 2 aromatic rings. The first kappa shape index (κ1) is 26.1. The van der Waals surface area contributed by atoms with E-state index >= 15 is 0 Å². The number of alkyl halides is 3. The molecular weight excluding hydrogens is 540 g/mol. The van der Waals surface area contributed by atoms with Crippen molar-refractivity contribution in [1.82, 2.24) is 4.90 Å². The third kappa shape index (κ3) is 4.50. The molecule has 2 fully saturated rings. The van der Waals surface area contributed by atoms with Crippen molar-refractivity contribution in [2.24, 2.45) is 0 Å². The normalized spacial score (nSPS) is 24.7. The van der Waals surface area contributed by atoms with E-state index in [1.807, 2.05) is 12.1 Å². The summed E-state index contributed by atoms with van der Waals surface area (Å²) >= 11 is 12.1. The lowest BCUT2D eigenvalue weighted by Crippen LogP contribution is -2.63. The van der Waals surface area contributed by atoms with Crippen molar-refractivity contribution in [3.8, 4) is 0 Å². The highest BCUT2D eigenvalue weighted by Crippen LogP contribution is 2.50. The molecule has 0 aromatic heterocycles. The zero-order valence-corrected chi connectivity index (χ0v) is 21.7. The smallest absolute Gasteiger partial charge is 0.377 e. The van der Waals surface area contributed by atoms with Crippen LogP contribution in [-0.4, -0.2) is 69.0 Å². The molecule has 0 amide bonds. The van der Waals surface area contributed by atoms with E-state index in [-0.39, 0.29) is 40.9 Å². The summed E-state index contributed by atoms with van der Waals surface area (Å²) in [5, 5.41) is 10.5. The summed E-state index contributed by atoms with van der Waals surface area (Å²) in [4.78, 5) is 3.36. The molecule has 3 aliphatic heterocycles. The number of ether oxygens (including phenoxy) is 1. The number of halogens is 5. The van der Waals surface area contributed by atoms with Crippen LogP contribution >= 0.6 is 23.2 Å². The Kier molecular flexibility index (Phi) is 6.33. The van der Waals surface area contributed by atoms with Crippen LogP contribution in [0.4, 0.5) is 18.9 Å². The monoisotopic (exact) mass is 564 g/mol. The third-order valence-corrected chi connectivity index (χ3v) is 8.81. The van der Waals surface area contributed by atoms with Crippen LogP contribution < -0.4 is 4.90 Å². The van der Waals surface area contributed by atoms with Crippen LogP contribution in [0.2, 0.25) is 10.0 Å². The van der Waals surface area contributed by atoms with Crippen LogP contribution in [0.3, 0.4) is 0 Å². The van der Waals surface area contributed by atoms with E-state index in [1.165, 1.54) is 18.2 Å². The molecule has 196 valence electrons. The molecule has 1 spiro atoms. The van der Waals surface area contributed by atoms with Crippen LogP contribution in [0, 0.1) is 0 Å². The predicted octanol–water partition coefficient (Wildman–Crippen LogP) is 4.11. The Bertz CT molecular complexity index is 1280. The fourth-order valence-electron chi connectivity index (χ4n) is 5.58. The molecule has 0 bridgehead atoms. The van der Waals surface area contributed by atoms with Crippen molar-refractivity contribution in [2.45, 2.75) is 36.4 Å². The number of rotatable bonds is 5. The minimum Gasteiger partial charge on any atom is -0.377 e. The molecule has 36 heavy (non-hydrogen) atoms. The van der Waals surface area contributed by atoms with Gasteiger partial charge in [-0.15, -0.1) is 0 Å². The van der Waals surface area contributed by atoms with Gasteiger partial charge in [0.25, 0.3) is 0 Å². The molecule has 6 nitrogen and oxygen atoms in total. The van der Waals surface area contributed by atoms with Crippen LogP contribution in [0.5, 0.6) is 0 Å². The molecule has 3 aliphatic rings. The molecule has 0 aliphatic carbocycles. The average Bonchev–Trinajstić information content (AvgIpc) is 3.33. The third-order valence-electron chi connectivity index (χ3n) is 7.47. The summed E-state index contributed by atoms with van der Waals surface area (Å²) in [5.74, 6) is -0.359. The molecule has 2 atom stereocenters. The Balaban J connectivity index is 1.36. The van der Waals surface area contributed by atoms with Crippen molar-refractivity contribution >= 4 is 38.7 Å².